The van der Waals surface area contributed by atoms with E-state index in [1.165, 1.54) is 12.1 Å². The van der Waals surface area contributed by atoms with Crippen molar-refractivity contribution in [2.24, 2.45) is 5.73 Å². The fraction of sp³-hybridized carbons (Fsp3) is 0.417. The first-order valence-corrected chi connectivity index (χ1v) is 5.30. The summed E-state index contributed by atoms with van der Waals surface area (Å²) in [4.78, 5) is 13.4. The maximum absolute atomic E-state index is 12.9. The van der Waals surface area contributed by atoms with Gasteiger partial charge in [0.05, 0.1) is 5.54 Å². The molecule has 1 aliphatic carbocycles. The number of nitrogens with zero attached hydrogens (tertiary/aromatic N) is 1. The quantitative estimate of drug-likeness (QED) is 0.897. The summed E-state index contributed by atoms with van der Waals surface area (Å²) in [5.74, 6) is -0.344. The van der Waals surface area contributed by atoms with Crippen molar-refractivity contribution in [2.45, 2.75) is 24.9 Å². The molecule has 2 N–H and O–H groups in total. The van der Waals surface area contributed by atoms with Crippen molar-refractivity contribution in [3.05, 3.63) is 35.6 Å². The first kappa shape index (κ1) is 13.9. The van der Waals surface area contributed by atoms with Gasteiger partial charge in [-0.1, -0.05) is 12.1 Å². The van der Waals surface area contributed by atoms with Crippen LogP contribution in [0.25, 0.3) is 0 Å². The van der Waals surface area contributed by atoms with E-state index in [2.05, 4.69) is 0 Å². The van der Waals surface area contributed by atoms with Crippen LogP contribution in [0.1, 0.15) is 18.4 Å². The SMILES string of the molecule is CN(Cc1cccc(F)c1)C(=O)C1(N)CC1.Cl. The summed E-state index contributed by atoms with van der Waals surface area (Å²) in [7, 11) is 1.69. The number of nitrogens with two attached hydrogens (primary N) is 1. The van der Waals surface area contributed by atoms with E-state index in [1.54, 1.807) is 24.1 Å². The Bertz CT molecular complexity index is 421. The Morgan fingerprint density at radius 3 is 2.71 bits per heavy atom. The van der Waals surface area contributed by atoms with Gasteiger partial charge in [-0.2, -0.15) is 0 Å². The van der Waals surface area contributed by atoms with Gasteiger partial charge in [0.25, 0.3) is 0 Å². The van der Waals surface area contributed by atoms with Crippen LogP contribution in [0.3, 0.4) is 0 Å². The van der Waals surface area contributed by atoms with Gasteiger partial charge in [0, 0.05) is 13.6 Å². The van der Waals surface area contributed by atoms with E-state index < -0.39 is 5.54 Å². The molecule has 0 radical (unpaired) electrons. The molecule has 1 saturated carbocycles. The Balaban J connectivity index is 0.00000144. The zero-order chi connectivity index (χ0) is 11.8. The molecular weight excluding hydrogens is 243 g/mol. The number of halogens is 2. The molecule has 1 amide bonds. The summed E-state index contributed by atoms with van der Waals surface area (Å²) in [5, 5.41) is 0. The van der Waals surface area contributed by atoms with Crippen LogP contribution in [0.15, 0.2) is 24.3 Å². The molecular formula is C12H16ClFN2O. The number of hydrogen-bond donors (Lipinski definition) is 1. The Kier molecular flexibility index (Phi) is 4.11. The van der Waals surface area contributed by atoms with Crippen LogP contribution in [0.2, 0.25) is 0 Å². The summed E-state index contributed by atoms with van der Waals surface area (Å²) in [6.07, 6.45) is 1.50. The Labute approximate surface area is 106 Å². The van der Waals surface area contributed by atoms with Crippen molar-refractivity contribution in [2.75, 3.05) is 7.05 Å². The second kappa shape index (κ2) is 5.02. The third kappa shape index (κ3) is 3.17. The van der Waals surface area contributed by atoms with E-state index in [-0.39, 0.29) is 24.1 Å². The molecule has 0 aromatic heterocycles. The van der Waals surface area contributed by atoms with Gasteiger partial charge in [-0.05, 0) is 30.5 Å². The van der Waals surface area contributed by atoms with E-state index in [1.807, 2.05) is 0 Å². The predicted molar refractivity (Wildman–Crippen MR) is 66.3 cm³/mol. The predicted octanol–water partition coefficient (Wildman–Crippen LogP) is 1.70. The molecule has 0 spiro atoms. The molecule has 0 bridgehead atoms. The van der Waals surface area contributed by atoms with Crippen molar-refractivity contribution < 1.29 is 9.18 Å². The van der Waals surface area contributed by atoms with Crippen LogP contribution in [-0.4, -0.2) is 23.4 Å². The summed E-state index contributed by atoms with van der Waals surface area (Å²) in [6, 6.07) is 6.25. The summed E-state index contributed by atoms with van der Waals surface area (Å²) < 4.78 is 12.9. The molecule has 5 heteroatoms. The number of benzene rings is 1. The third-order valence-corrected chi connectivity index (χ3v) is 2.87. The molecule has 94 valence electrons. The molecule has 0 unspecified atom stereocenters. The average molecular weight is 259 g/mol. The highest BCUT2D eigenvalue weighted by molar-refractivity contribution is 5.88. The highest BCUT2D eigenvalue weighted by atomic mass is 35.5. The monoisotopic (exact) mass is 258 g/mol. The van der Waals surface area contributed by atoms with Gasteiger partial charge in [0.15, 0.2) is 0 Å². The normalized spacial score (nSPS) is 15.9. The largest absolute Gasteiger partial charge is 0.340 e. The minimum atomic E-state index is -0.651. The number of carbonyl (C=O) groups is 1. The Hall–Kier alpha value is -1.13. The summed E-state index contributed by atoms with van der Waals surface area (Å²) >= 11 is 0. The van der Waals surface area contributed by atoms with Crippen LogP contribution < -0.4 is 5.73 Å². The molecule has 0 aliphatic heterocycles. The topological polar surface area (TPSA) is 46.3 Å². The molecule has 1 aromatic carbocycles. The molecule has 0 heterocycles. The third-order valence-electron chi connectivity index (χ3n) is 2.87. The zero-order valence-electron chi connectivity index (χ0n) is 9.65. The van der Waals surface area contributed by atoms with Crippen molar-refractivity contribution in [1.82, 2.24) is 4.90 Å². The van der Waals surface area contributed by atoms with Gasteiger partial charge in [-0.3, -0.25) is 4.79 Å². The number of carbonyl (C=O) groups excluding carboxylic acids is 1. The first-order valence-electron chi connectivity index (χ1n) is 5.30. The zero-order valence-corrected chi connectivity index (χ0v) is 10.5. The highest BCUT2D eigenvalue weighted by Crippen LogP contribution is 2.34. The van der Waals surface area contributed by atoms with E-state index in [9.17, 15) is 9.18 Å². The van der Waals surface area contributed by atoms with Crippen molar-refractivity contribution in [3.8, 4) is 0 Å². The smallest absolute Gasteiger partial charge is 0.242 e. The van der Waals surface area contributed by atoms with Crippen LogP contribution in [-0.2, 0) is 11.3 Å². The maximum atomic E-state index is 12.9. The molecule has 1 fully saturated rings. The molecule has 3 nitrogen and oxygen atoms in total. The molecule has 2 rings (SSSR count). The van der Waals surface area contributed by atoms with Gasteiger partial charge in [-0.25, -0.2) is 4.39 Å². The molecule has 17 heavy (non-hydrogen) atoms. The lowest BCUT2D eigenvalue weighted by Gasteiger charge is -2.20. The molecule has 0 saturated heterocycles. The summed E-state index contributed by atoms with van der Waals surface area (Å²) in [5.41, 5.74) is 5.94. The van der Waals surface area contributed by atoms with E-state index in [0.717, 1.165) is 18.4 Å². The minimum Gasteiger partial charge on any atom is -0.340 e. The van der Waals surface area contributed by atoms with E-state index >= 15 is 0 Å². The lowest BCUT2D eigenvalue weighted by molar-refractivity contribution is -0.132. The lowest BCUT2D eigenvalue weighted by Crippen LogP contribution is -2.43. The second-order valence-electron chi connectivity index (χ2n) is 4.45. The van der Waals surface area contributed by atoms with Crippen molar-refractivity contribution >= 4 is 18.3 Å². The van der Waals surface area contributed by atoms with Crippen LogP contribution in [0.5, 0.6) is 0 Å². The first-order chi connectivity index (χ1) is 7.51. The van der Waals surface area contributed by atoms with Crippen molar-refractivity contribution in [1.29, 1.82) is 0 Å². The fourth-order valence-corrected chi connectivity index (χ4v) is 1.71. The molecule has 1 aliphatic rings. The number of amides is 1. The maximum Gasteiger partial charge on any atom is 0.242 e. The fourth-order valence-electron chi connectivity index (χ4n) is 1.71. The molecule has 0 atom stereocenters. The second-order valence-corrected chi connectivity index (χ2v) is 4.45. The van der Waals surface area contributed by atoms with Crippen molar-refractivity contribution in [3.63, 3.8) is 0 Å². The van der Waals surface area contributed by atoms with Crippen LogP contribution in [0, 0.1) is 5.82 Å². The number of likely N-dealkylation sites (N-methyl/N-ethyl adjacent to an activating group) is 1. The number of hydrogen-bond acceptors (Lipinski definition) is 2. The Morgan fingerprint density at radius 2 is 2.18 bits per heavy atom. The minimum absolute atomic E-state index is 0. The van der Waals surface area contributed by atoms with Gasteiger partial charge in [-0.15, -0.1) is 12.4 Å². The van der Waals surface area contributed by atoms with Crippen LogP contribution in [0.4, 0.5) is 4.39 Å². The average Bonchev–Trinajstić information content (AvgIpc) is 2.96. The standard InChI is InChI=1S/C12H15FN2O.ClH/c1-15(11(16)12(14)5-6-12)8-9-3-2-4-10(13)7-9;/h2-4,7H,5-6,8,14H2,1H3;1H. The van der Waals surface area contributed by atoms with Crippen LogP contribution >= 0.6 is 12.4 Å². The Morgan fingerprint density at radius 1 is 1.53 bits per heavy atom. The lowest BCUT2D eigenvalue weighted by atomic mass is 10.2. The molecule has 1 aromatic rings. The highest BCUT2D eigenvalue weighted by Gasteiger charge is 2.47. The van der Waals surface area contributed by atoms with Gasteiger partial charge < -0.3 is 10.6 Å². The van der Waals surface area contributed by atoms with Gasteiger partial charge in [0.1, 0.15) is 5.82 Å². The number of rotatable bonds is 3. The van der Waals surface area contributed by atoms with E-state index in [0.29, 0.717) is 6.54 Å². The summed E-state index contributed by atoms with van der Waals surface area (Å²) in [6.45, 7) is 0.398. The van der Waals surface area contributed by atoms with Gasteiger partial charge in [0.2, 0.25) is 5.91 Å². The van der Waals surface area contributed by atoms with Gasteiger partial charge >= 0.3 is 0 Å². The van der Waals surface area contributed by atoms with E-state index in [4.69, 9.17) is 5.73 Å².